The summed E-state index contributed by atoms with van der Waals surface area (Å²) in [7, 11) is 0. The third-order valence-electron chi connectivity index (χ3n) is 1.93. The fraction of sp³-hybridized carbons (Fsp3) is 0.100. The minimum Gasteiger partial charge on any atom is -0.508 e. The SMILES string of the molecule is Cc1cc(=O)oc2cc(O)ccc12.[Ag]. The van der Waals surface area contributed by atoms with Crippen LogP contribution in [0.15, 0.2) is 33.5 Å². The number of phenols is 1. The summed E-state index contributed by atoms with van der Waals surface area (Å²) in [6.07, 6.45) is 0. The maximum Gasteiger partial charge on any atom is 0.336 e. The van der Waals surface area contributed by atoms with Crippen LogP contribution in [0.1, 0.15) is 5.56 Å². The van der Waals surface area contributed by atoms with Crippen LogP contribution in [-0.2, 0) is 22.4 Å². The van der Waals surface area contributed by atoms with Crippen molar-refractivity contribution in [2.24, 2.45) is 0 Å². The molecule has 2 aromatic rings. The van der Waals surface area contributed by atoms with E-state index >= 15 is 0 Å². The van der Waals surface area contributed by atoms with Crippen molar-refractivity contribution in [2.45, 2.75) is 6.92 Å². The first-order valence-electron chi connectivity index (χ1n) is 3.90. The summed E-state index contributed by atoms with van der Waals surface area (Å²) < 4.78 is 4.91. The van der Waals surface area contributed by atoms with Crippen molar-refractivity contribution in [1.82, 2.24) is 0 Å². The van der Waals surface area contributed by atoms with Gasteiger partial charge in [-0.3, -0.25) is 0 Å². The zero-order valence-electron chi connectivity index (χ0n) is 7.37. The van der Waals surface area contributed by atoms with E-state index in [-0.39, 0.29) is 28.1 Å². The van der Waals surface area contributed by atoms with Gasteiger partial charge in [-0.2, -0.15) is 0 Å². The Kier molecular flexibility index (Phi) is 3.16. The smallest absolute Gasteiger partial charge is 0.336 e. The maximum atomic E-state index is 11.0. The molecule has 0 aliphatic heterocycles. The molecule has 0 fully saturated rings. The molecule has 0 atom stereocenters. The van der Waals surface area contributed by atoms with Crippen molar-refractivity contribution in [3.05, 3.63) is 40.2 Å². The summed E-state index contributed by atoms with van der Waals surface area (Å²) in [5.41, 5.74) is 0.881. The summed E-state index contributed by atoms with van der Waals surface area (Å²) in [4.78, 5) is 11.0. The van der Waals surface area contributed by atoms with Crippen LogP contribution in [0.5, 0.6) is 5.75 Å². The molecule has 1 N–H and O–H groups in total. The number of hydrogen-bond acceptors (Lipinski definition) is 3. The normalized spacial score (nSPS) is 9.79. The average molecular weight is 284 g/mol. The molecule has 0 saturated heterocycles. The number of benzene rings is 1. The van der Waals surface area contributed by atoms with Crippen LogP contribution >= 0.6 is 0 Å². The van der Waals surface area contributed by atoms with Gasteiger partial charge in [-0.05, 0) is 24.6 Å². The van der Waals surface area contributed by atoms with Gasteiger partial charge in [0.1, 0.15) is 11.3 Å². The molecule has 0 saturated carbocycles. The minimum atomic E-state index is -0.393. The fourth-order valence-electron chi connectivity index (χ4n) is 1.31. The summed E-state index contributed by atoms with van der Waals surface area (Å²) in [5, 5.41) is 9.99. The Morgan fingerprint density at radius 3 is 2.71 bits per heavy atom. The van der Waals surface area contributed by atoms with Crippen molar-refractivity contribution >= 4 is 11.0 Å². The molecule has 0 aliphatic rings. The predicted octanol–water partition coefficient (Wildman–Crippen LogP) is 1.80. The Bertz CT molecular complexity index is 516. The first kappa shape index (κ1) is 11.0. The Hall–Kier alpha value is -1.03. The number of rotatable bonds is 0. The van der Waals surface area contributed by atoms with Gasteiger partial charge in [0.2, 0.25) is 0 Å². The van der Waals surface area contributed by atoms with Gasteiger partial charge in [-0.1, -0.05) is 0 Å². The zero-order chi connectivity index (χ0) is 9.42. The van der Waals surface area contributed by atoms with Gasteiger partial charge in [0.05, 0.1) is 0 Å². The van der Waals surface area contributed by atoms with Crippen molar-refractivity contribution in [3.63, 3.8) is 0 Å². The maximum absolute atomic E-state index is 11.0. The van der Waals surface area contributed by atoms with Gasteiger partial charge in [-0.25, -0.2) is 4.79 Å². The molecule has 0 bridgehead atoms. The molecule has 14 heavy (non-hydrogen) atoms. The second-order valence-corrected chi connectivity index (χ2v) is 2.93. The second kappa shape index (κ2) is 4.00. The number of aryl methyl sites for hydroxylation is 1. The van der Waals surface area contributed by atoms with Crippen molar-refractivity contribution < 1.29 is 31.9 Å². The second-order valence-electron chi connectivity index (χ2n) is 2.93. The molecule has 1 heterocycles. The van der Waals surface area contributed by atoms with Gasteiger partial charge < -0.3 is 9.52 Å². The summed E-state index contributed by atoms with van der Waals surface area (Å²) in [6, 6.07) is 6.15. The molecule has 1 aromatic carbocycles. The number of fused-ring (bicyclic) bond motifs is 1. The van der Waals surface area contributed by atoms with Gasteiger partial charge >= 0.3 is 5.63 Å². The Morgan fingerprint density at radius 1 is 1.29 bits per heavy atom. The molecule has 1 radical (unpaired) electrons. The predicted molar refractivity (Wildman–Crippen MR) is 48.9 cm³/mol. The summed E-state index contributed by atoms with van der Waals surface area (Å²) >= 11 is 0. The molecule has 2 rings (SSSR count). The molecule has 1 aromatic heterocycles. The van der Waals surface area contributed by atoms with E-state index in [1.165, 1.54) is 12.1 Å². The summed E-state index contributed by atoms with van der Waals surface area (Å²) in [5.74, 6) is 0.0984. The standard InChI is InChI=1S/C10H8O3.Ag/c1-6-4-10(12)13-9-5-7(11)2-3-8(6)9;/h2-5,11H,1H3;. The third kappa shape index (κ3) is 1.90. The molecule has 0 spiro atoms. The first-order chi connectivity index (χ1) is 6.16. The van der Waals surface area contributed by atoms with E-state index in [1.807, 2.05) is 6.92 Å². The van der Waals surface area contributed by atoms with Gasteiger partial charge in [0, 0.05) is 39.9 Å². The topological polar surface area (TPSA) is 50.4 Å². The van der Waals surface area contributed by atoms with E-state index < -0.39 is 5.63 Å². The first-order valence-corrected chi connectivity index (χ1v) is 3.90. The molecular weight excluding hydrogens is 276 g/mol. The molecule has 0 unspecified atom stereocenters. The fourth-order valence-corrected chi connectivity index (χ4v) is 1.31. The quantitative estimate of drug-likeness (QED) is 0.593. The van der Waals surface area contributed by atoms with Crippen LogP contribution in [0.3, 0.4) is 0 Å². The van der Waals surface area contributed by atoms with Crippen LogP contribution in [0.4, 0.5) is 0 Å². The minimum absolute atomic E-state index is 0. The van der Waals surface area contributed by atoms with Gasteiger partial charge in [0.15, 0.2) is 0 Å². The van der Waals surface area contributed by atoms with Crippen molar-refractivity contribution in [3.8, 4) is 5.75 Å². The van der Waals surface area contributed by atoms with Crippen molar-refractivity contribution in [2.75, 3.05) is 0 Å². The average Bonchev–Trinajstić information content (AvgIpc) is 2.02. The Labute approximate surface area is 95.9 Å². The molecule has 3 nitrogen and oxygen atoms in total. The van der Waals surface area contributed by atoms with Crippen LogP contribution < -0.4 is 5.63 Å². The molecule has 0 aliphatic carbocycles. The molecule has 77 valence electrons. The molecule has 4 heteroatoms. The van der Waals surface area contributed by atoms with Gasteiger partial charge in [-0.15, -0.1) is 0 Å². The third-order valence-corrected chi connectivity index (χ3v) is 1.93. The Balaban J connectivity index is 0.000000980. The largest absolute Gasteiger partial charge is 0.508 e. The van der Waals surface area contributed by atoms with E-state index in [1.54, 1.807) is 12.1 Å². The van der Waals surface area contributed by atoms with Gasteiger partial charge in [0.25, 0.3) is 0 Å². The van der Waals surface area contributed by atoms with E-state index in [2.05, 4.69) is 0 Å². The van der Waals surface area contributed by atoms with E-state index in [4.69, 9.17) is 9.52 Å². The zero-order valence-corrected chi connectivity index (χ0v) is 8.86. The van der Waals surface area contributed by atoms with E-state index in [0.29, 0.717) is 5.58 Å². The summed E-state index contributed by atoms with van der Waals surface area (Å²) in [6.45, 7) is 1.83. The number of aromatic hydroxyl groups is 1. The molecule has 0 amide bonds. The van der Waals surface area contributed by atoms with Crippen LogP contribution in [0, 0.1) is 6.92 Å². The monoisotopic (exact) mass is 283 g/mol. The Morgan fingerprint density at radius 2 is 2.00 bits per heavy atom. The van der Waals surface area contributed by atoms with E-state index in [9.17, 15) is 4.79 Å². The van der Waals surface area contributed by atoms with Crippen LogP contribution in [-0.4, -0.2) is 5.11 Å². The number of hydrogen-bond donors (Lipinski definition) is 1. The van der Waals surface area contributed by atoms with Crippen LogP contribution in [0.2, 0.25) is 0 Å². The van der Waals surface area contributed by atoms with Crippen molar-refractivity contribution in [1.29, 1.82) is 0 Å². The van der Waals surface area contributed by atoms with E-state index in [0.717, 1.165) is 10.9 Å². The van der Waals surface area contributed by atoms with Crippen LogP contribution in [0.25, 0.3) is 11.0 Å². The molecular formula is C10H8AgO3. The number of phenolic OH excluding ortho intramolecular Hbond substituents is 1.